The van der Waals surface area contributed by atoms with Crippen LogP contribution in [0.2, 0.25) is 5.02 Å². The number of nitrogens with zero attached hydrogens (tertiary/aromatic N) is 3. The third-order valence-corrected chi connectivity index (χ3v) is 4.87. The van der Waals surface area contributed by atoms with Crippen molar-refractivity contribution in [3.05, 3.63) is 76.9 Å². The number of amides is 1. The van der Waals surface area contributed by atoms with Crippen LogP contribution in [0.5, 0.6) is 0 Å². The molecule has 0 aliphatic rings. The molecule has 0 fully saturated rings. The highest BCUT2D eigenvalue weighted by Crippen LogP contribution is 2.24. The van der Waals surface area contributed by atoms with Crippen LogP contribution in [-0.4, -0.2) is 33.7 Å². The first kappa shape index (κ1) is 22.9. The van der Waals surface area contributed by atoms with E-state index in [4.69, 9.17) is 22.4 Å². The molecule has 0 aliphatic carbocycles. The van der Waals surface area contributed by atoms with Crippen molar-refractivity contribution in [2.45, 2.75) is 32.5 Å². The first-order valence-electron chi connectivity index (χ1n) is 9.28. The summed E-state index contributed by atoms with van der Waals surface area (Å²) >= 11 is 6.31. The number of hydrogen-bond donors (Lipinski definition) is 1. The van der Waals surface area contributed by atoms with Crippen molar-refractivity contribution >= 4 is 29.9 Å². The monoisotopic (exact) mass is 432 g/mol. The van der Waals surface area contributed by atoms with Gasteiger partial charge in [-0.05, 0) is 18.6 Å². The smallest absolute Gasteiger partial charge is 0.224 e. The Balaban J connectivity index is 0.00000300. The maximum atomic E-state index is 12.3. The fourth-order valence-electron chi connectivity index (χ4n) is 3.07. The molecule has 0 spiro atoms. The van der Waals surface area contributed by atoms with E-state index in [2.05, 4.69) is 0 Å². The van der Waals surface area contributed by atoms with Crippen LogP contribution in [0.15, 0.2) is 60.8 Å². The van der Waals surface area contributed by atoms with Gasteiger partial charge in [0.05, 0.1) is 12.2 Å². The number of aromatic nitrogens is 2. The van der Waals surface area contributed by atoms with E-state index in [9.17, 15) is 4.79 Å². The molecule has 2 N–H and O–H groups in total. The molecule has 0 bridgehead atoms. The van der Waals surface area contributed by atoms with E-state index in [0.717, 1.165) is 22.4 Å². The molecule has 7 heteroatoms. The number of rotatable bonds is 7. The highest BCUT2D eigenvalue weighted by molar-refractivity contribution is 6.31. The van der Waals surface area contributed by atoms with Crippen molar-refractivity contribution in [1.82, 2.24) is 14.7 Å². The molecule has 29 heavy (non-hydrogen) atoms. The molecule has 0 radical (unpaired) electrons. The largest absolute Gasteiger partial charge is 0.341 e. The number of nitrogens with two attached hydrogens (primary N) is 1. The zero-order valence-electron chi connectivity index (χ0n) is 16.6. The summed E-state index contributed by atoms with van der Waals surface area (Å²) in [7, 11) is 1.80. The van der Waals surface area contributed by atoms with Gasteiger partial charge in [-0.1, -0.05) is 60.1 Å². The van der Waals surface area contributed by atoms with Crippen LogP contribution in [0.1, 0.15) is 24.5 Å². The lowest BCUT2D eigenvalue weighted by Crippen LogP contribution is -2.31. The van der Waals surface area contributed by atoms with Gasteiger partial charge >= 0.3 is 0 Å². The third kappa shape index (κ3) is 6.07. The molecule has 1 amide bonds. The van der Waals surface area contributed by atoms with Crippen molar-refractivity contribution < 1.29 is 4.79 Å². The lowest BCUT2D eigenvalue weighted by molar-refractivity contribution is -0.130. The molecule has 2 aromatic carbocycles. The lowest BCUT2D eigenvalue weighted by Gasteiger charge is -2.18. The molecule has 3 aromatic rings. The van der Waals surface area contributed by atoms with Gasteiger partial charge in [-0.2, -0.15) is 5.10 Å². The number of benzene rings is 2. The summed E-state index contributed by atoms with van der Waals surface area (Å²) in [6, 6.07) is 17.6. The van der Waals surface area contributed by atoms with Crippen LogP contribution in [0.4, 0.5) is 0 Å². The predicted octanol–water partition coefficient (Wildman–Crippen LogP) is 4.37. The van der Waals surface area contributed by atoms with Crippen LogP contribution in [-0.2, 0) is 17.9 Å². The standard InChI is InChI=1S/C22H25ClN4O.ClH/c1-16(24)12-21(28)26(2)13-19-15-27(14-18-10-6-7-11-20(18)23)25-22(19)17-8-4-3-5-9-17;/h3-11,15-16H,12-14,24H2,1-2H3;1H. The van der Waals surface area contributed by atoms with Gasteiger partial charge in [-0.15, -0.1) is 12.4 Å². The average molecular weight is 433 g/mol. The third-order valence-electron chi connectivity index (χ3n) is 4.50. The Morgan fingerprint density at radius 3 is 2.45 bits per heavy atom. The summed E-state index contributed by atoms with van der Waals surface area (Å²) < 4.78 is 1.88. The highest BCUT2D eigenvalue weighted by Gasteiger charge is 2.17. The van der Waals surface area contributed by atoms with Gasteiger partial charge in [-0.3, -0.25) is 9.48 Å². The predicted molar refractivity (Wildman–Crippen MR) is 120 cm³/mol. The molecule has 1 heterocycles. The lowest BCUT2D eigenvalue weighted by atomic mass is 10.1. The van der Waals surface area contributed by atoms with Gasteiger partial charge in [0.2, 0.25) is 5.91 Å². The Labute approximate surface area is 182 Å². The molecule has 1 unspecified atom stereocenters. The summed E-state index contributed by atoms with van der Waals surface area (Å²) in [5.41, 5.74) is 9.64. The summed E-state index contributed by atoms with van der Waals surface area (Å²) in [6.07, 6.45) is 2.31. The van der Waals surface area contributed by atoms with Gasteiger partial charge < -0.3 is 10.6 Å². The second kappa shape index (κ2) is 10.4. The van der Waals surface area contributed by atoms with Crippen molar-refractivity contribution in [1.29, 1.82) is 0 Å². The Bertz CT molecular complexity index is 941. The first-order valence-corrected chi connectivity index (χ1v) is 9.66. The van der Waals surface area contributed by atoms with Crippen LogP contribution in [0, 0.1) is 0 Å². The molecule has 5 nitrogen and oxygen atoms in total. The Hall–Kier alpha value is -2.34. The van der Waals surface area contributed by atoms with E-state index in [-0.39, 0.29) is 24.4 Å². The van der Waals surface area contributed by atoms with Crippen molar-refractivity contribution in [2.24, 2.45) is 5.73 Å². The number of hydrogen-bond acceptors (Lipinski definition) is 3. The zero-order valence-corrected chi connectivity index (χ0v) is 18.2. The fraction of sp³-hybridized carbons (Fsp3) is 0.273. The highest BCUT2D eigenvalue weighted by atomic mass is 35.5. The van der Waals surface area contributed by atoms with Gasteiger partial charge in [0.1, 0.15) is 0 Å². The van der Waals surface area contributed by atoms with E-state index in [1.807, 2.05) is 72.4 Å². The Morgan fingerprint density at radius 2 is 1.79 bits per heavy atom. The van der Waals surface area contributed by atoms with E-state index >= 15 is 0 Å². The van der Waals surface area contributed by atoms with E-state index in [1.54, 1.807) is 11.9 Å². The SMILES string of the molecule is CC(N)CC(=O)N(C)Cc1cn(Cc2ccccc2Cl)nc1-c1ccccc1.Cl. The van der Waals surface area contributed by atoms with Crippen molar-refractivity contribution in [3.63, 3.8) is 0 Å². The number of carbonyl (C=O) groups excluding carboxylic acids is 1. The molecule has 0 aliphatic heterocycles. The Morgan fingerprint density at radius 1 is 1.14 bits per heavy atom. The van der Waals surface area contributed by atoms with Gasteiger partial charge in [-0.25, -0.2) is 0 Å². The second-order valence-corrected chi connectivity index (χ2v) is 7.50. The molecule has 3 rings (SSSR count). The van der Waals surface area contributed by atoms with Gasteiger partial charge in [0.25, 0.3) is 0 Å². The molecule has 0 saturated carbocycles. The molecular formula is C22H26Cl2N4O. The maximum Gasteiger partial charge on any atom is 0.224 e. The number of carbonyl (C=O) groups is 1. The Kier molecular flexibility index (Phi) is 8.26. The fourth-order valence-corrected chi connectivity index (χ4v) is 3.27. The number of halogens is 2. The van der Waals surface area contributed by atoms with Crippen molar-refractivity contribution in [2.75, 3.05) is 7.05 Å². The molecule has 1 aromatic heterocycles. The van der Waals surface area contributed by atoms with Crippen molar-refractivity contribution in [3.8, 4) is 11.3 Å². The van der Waals surface area contributed by atoms with Gasteiger partial charge in [0.15, 0.2) is 0 Å². The molecule has 0 saturated heterocycles. The normalized spacial score (nSPS) is 11.6. The summed E-state index contributed by atoms with van der Waals surface area (Å²) in [6.45, 7) is 2.87. The van der Waals surface area contributed by atoms with E-state index in [1.165, 1.54) is 0 Å². The minimum absolute atomic E-state index is 0. The second-order valence-electron chi connectivity index (χ2n) is 7.09. The minimum Gasteiger partial charge on any atom is -0.341 e. The minimum atomic E-state index is -0.161. The molecule has 1 atom stereocenters. The molecular weight excluding hydrogens is 407 g/mol. The van der Waals surface area contributed by atoms with E-state index < -0.39 is 0 Å². The van der Waals surface area contributed by atoms with Crippen LogP contribution >= 0.6 is 24.0 Å². The van der Waals surface area contributed by atoms with E-state index in [0.29, 0.717) is 24.5 Å². The quantitative estimate of drug-likeness (QED) is 0.602. The van der Waals surface area contributed by atoms with Crippen LogP contribution < -0.4 is 5.73 Å². The zero-order chi connectivity index (χ0) is 20.1. The summed E-state index contributed by atoms with van der Waals surface area (Å²) in [5.74, 6) is 0.0212. The first-order chi connectivity index (χ1) is 13.4. The van der Waals surface area contributed by atoms with Crippen LogP contribution in [0.3, 0.4) is 0 Å². The average Bonchev–Trinajstić information content (AvgIpc) is 3.06. The summed E-state index contributed by atoms with van der Waals surface area (Å²) in [5, 5.41) is 5.50. The maximum absolute atomic E-state index is 12.3. The summed E-state index contributed by atoms with van der Waals surface area (Å²) in [4.78, 5) is 14.1. The topological polar surface area (TPSA) is 64.2 Å². The molecule has 154 valence electrons. The van der Waals surface area contributed by atoms with Crippen LogP contribution in [0.25, 0.3) is 11.3 Å². The van der Waals surface area contributed by atoms with Gasteiger partial charge in [0, 0.05) is 48.4 Å².